The fourth-order valence-corrected chi connectivity index (χ4v) is 1.16. The quantitative estimate of drug-likeness (QED) is 0.604. The SMILES string of the molecule is CC(C)C(=O)CN1C(=O)CN(C)C1=O. The molecule has 5 nitrogen and oxygen atoms in total. The molecule has 0 radical (unpaired) electrons. The van der Waals surface area contributed by atoms with Gasteiger partial charge in [-0.2, -0.15) is 0 Å². The van der Waals surface area contributed by atoms with Crippen LogP contribution in [0.4, 0.5) is 4.79 Å². The van der Waals surface area contributed by atoms with Crippen LogP contribution in [0.1, 0.15) is 13.8 Å². The van der Waals surface area contributed by atoms with Crippen molar-refractivity contribution in [3.8, 4) is 0 Å². The van der Waals surface area contributed by atoms with Gasteiger partial charge >= 0.3 is 6.03 Å². The normalized spacial score (nSPS) is 17.1. The first-order chi connectivity index (χ1) is 6.43. The largest absolute Gasteiger partial charge is 0.327 e. The van der Waals surface area contributed by atoms with Crippen LogP contribution in [0.25, 0.3) is 0 Å². The molecule has 0 aliphatic carbocycles. The lowest BCUT2D eigenvalue weighted by Crippen LogP contribution is -2.37. The highest BCUT2D eigenvalue weighted by atomic mass is 16.2. The molecule has 78 valence electrons. The first kappa shape index (κ1) is 10.7. The molecule has 3 amide bonds. The van der Waals surface area contributed by atoms with Crippen LogP contribution in [0.15, 0.2) is 0 Å². The second-order valence-electron chi connectivity index (χ2n) is 3.74. The topological polar surface area (TPSA) is 57.7 Å². The molecule has 0 aromatic carbocycles. The molecule has 1 aliphatic rings. The minimum Gasteiger partial charge on any atom is -0.318 e. The zero-order valence-corrected chi connectivity index (χ0v) is 8.61. The third-order valence-electron chi connectivity index (χ3n) is 2.19. The molecule has 1 heterocycles. The molecule has 5 heteroatoms. The Morgan fingerprint density at radius 2 is 2.00 bits per heavy atom. The molecule has 1 rings (SSSR count). The molecule has 0 aromatic rings. The third-order valence-corrected chi connectivity index (χ3v) is 2.19. The second-order valence-corrected chi connectivity index (χ2v) is 3.74. The van der Waals surface area contributed by atoms with Gasteiger partial charge in [-0.3, -0.25) is 14.5 Å². The molecule has 0 saturated carbocycles. The van der Waals surface area contributed by atoms with Crippen molar-refractivity contribution < 1.29 is 14.4 Å². The minimum absolute atomic E-state index is 0.0736. The van der Waals surface area contributed by atoms with Gasteiger partial charge in [0, 0.05) is 13.0 Å². The highest BCUT2D eigenvalue weighted by Crippen LogP contribution is 2.09. The van der Waals surface area contributed by atoms with Crippen LogP contribution in [-0.4, -0.2) is 47.7 Å². The standard InChI is InChI=1S/C9H14N2O3/c1-6(2)7(12)4-11-8(13)5-10(3)9(11)14/h6H,4-5H2,1-3H3. The van der Waals surface area contributed by atoms with Crippen LogP contribution in [0.2, 0.25) is 0 Å². The van der Waals surface area contributed by atoms with E-state index in [1.54, 1.807) is 20.9 Å². The molecule has 1 fully saturated rings. The van der Waals surface area contributed by atoms with E-state index in [2.05, 4.69) is 0 Å². The van der Waals surface area contributed by atoms with E-state index in [-0.39, 0.29) is 36.7 Å². The number of amides is 3. The van der Waals surface area contributed by atoms with Crippen molar-refractivity contribution in [2.75, 3.05) is 20.1 Å². The summed E-state index contributed by atoms with van der Waals surface area (Å²) in [7, 11) is 1.54. The Morgan fingerprint density at radius 3 is 2.36 bits per heavy atom. The monoisotopic (exact) mass is 198 g/mol. The van der Waals surface area contributed by atoms with Gasteiger partial charge in [-0.15, -0.1) is 0 Å². The van der Waals surface area contributed by atoms with Crippen LogP contribution in [0.3, 0.4) is 0 Å². The van der Waals surface area contributed by atoms with Crippen LogP contribution < -0.4 is 0 Å². The number of hydrogen-bond acceptors (Lipinski definition) is 3. The fraction of sp³-hybridized carbons (Fsp3) is 0.667. The highest BCUT2D eigenvalue weighted by molar-refractivity contribution is 6.04. The number of carbonyl (C=O) groups excluding carboxylic acids is 3. The Labute approximate surface area is 82.7 Å². The van der Waals surface area contributed by atoms with Crippen molar-refractivity contribution in [3.05, 3.63) is 0 Å². The number of carbonyl (C=O) groups is 3. The van der Waals surface area contributed by atoms with Gasteiger partial charge in [-0.05, 0) is 0 Å². The van der Waals surface area contributed by atoms with Crippen LogP contribution >= 0.6 is 0 Å². The lowest BCUT2D eigenvalue weighted by Gasteiger charge is -2.14. The average molecular weight is 198 g/mol. The number of likely N-dealkylation sites (N-methyl/N-ethyl adjacent to an activating group) is 1. The zero-order chi connectivity index (χ0) is 10.9. The number of rotatable bonds is 3. The minimum atomic E-state index is -0.385. The van der Waals surface area contributed by atoms with Crippen molar-refractivity contribution in [1.82, 2.24) is 9.80 Å². The Hall–Kier alpha value is -1.39. The van der Waals surface area contributed by atoms with Crippen LogP contribution in [0, 0.1) is 5.92 Å². The maximum Gasteiger partial charge on any atom is 0.327 e. The number of urea groups is 1. The number of ketones is 1. The van der Waals surface area contributed by atoms with Gasteiger partial charge in [0.05, 0.1) is 6.54 Å². The van der Waals surface area contributed by atoms with Gasteiger partial charge < -0.3 is 4.90 Å². The molecular weight excluding hydrogens is 184 g/mol. The average Bonchev–Trinajstić information content (AvgIpc) is 2.32. The Morgan fingerprint density at radius 1 is 1.43 bits per heavy atom. The first-order valence-corrected chi connectivity index (χ1v) is 4.51. The van der Waals surface area contributed by atoms with E-state index in [4.69, 9.17) is 0 Å². The molecule has 1 aliphatic heterocycles. The Balaban J connectivity index is 2.65. The van der Waals surface area contributed by atoms with Gasteiger partial charge in [0.1, 0.15) is 6.54 Å². The molecular formula is C9H14N2O3. The van der Waals surface area contributed by atoms with Crippen molar-refractivity contribution in [2.45, 2.75) is 13.8 Å². The molecule has 0 spiro atoms. The summed E-state index contributed by atoms with van der Waals surface area (Å²) in [6, 6.07) is -0.385. The van der Waals surface area contributed by atoms with E-state index in [1.165, 1.54) is 4.90 Å². The van der Waals surface area contributed by atoms with Gasteiger partial charge in [0.25, 0.3) is 5.91 Å². The summed E-state index contributed by atoms with van der Waals surface area (Å²) in [4.78, 5) is 36.3. The summed E-state index contributed by atoms with van der Waals surface area (Å²) >= 11 is 0. The van der Waals surface area contributed by atoms with Crippen molar-refractivity contribution in [2.24, 2.45) is 5.92 Å². The first-order valence-electron chi connectivity index (χ1n) is 4.51. The van der Waals surface area contributed by atoms with Gasteiger partial charge in [0.15, 0.2) is 5.78 Å². The molecule has 1 saturated heterocycles. The predicted octanol–water partition coefficient (Wildman–Crippen LogP) is 0.105. The summed E-state index contributed by atoms with van der Waals surface area (Å²) in [5.41, 5.74) is 0. The van der Waals surface area contributed by atoms with E-state index in [9.17, 15) is 14.4 Å². The number of imide groups is 1. The third kappa shape index (κ3) is 1.92. The van der Waals surface area contributed by atoms with E-state index >= 15 is 0 Å². The van der Waals surface area contributed by atoms with E-state index < -0.39 is 0 Å². The van der Waals surface area contributed by atoms with Crippen molar-refractivity contribution in [3.63, 3.8) is 0 Å². The van der Waals surface area contributed by atoms with Gasteiger partial charge in [-0.1, -0.05) is 13.8 Å². The summed E-state index contributed by atoms with van der Waals surface area (Å²) < 4.78 is 0. The number of nitrogens with zero attached hydrogens (tertiary/aromatic N) is 2. The van der Waals surface area contributed by atoms with Gasteiger partial charge in [0.2, 0.25) is 0 Å². The van der Waals surface area contributed by atoms with Crippen molar-refractivity contribution >= 4 is 17.7 Å². The van der Waals surface area contributed by atoms with E-state index in [0.29, 0.717) is 0 Å². The Bertz CT molecular complexity index is 286. The lowest BCUT2D eigenvalue weighted by molar-refractivity contribution is -0.131. The smallest absolute Gasteiger partial charge is 0.318 e. The highest BCUT2D eigenvalue weighted by Gasteiger charge is 2.34. The van der Waals surface area contributed by atoms with E-state index in [0.717, 1.165) is 4.90 Å². The number of Topliss-reactive ketones (excluding diaryl/α,β-unsaturated/α-hetero) is 1. The predicted molar refractivity (Wildman–Crippen MR) is 49.6 cm³/mol. The summed E-state index contributed by atoms with van der Waals surface area (Å²) in [6.45, 7) is 3.47. The summed E-state index contributed by atoms with van der Waals surface area (Å²) in [6.07, 6.45) is 0. The number of hydrogen-bond donors (Lipinski definition) is 0. The molecule has 0 aromatic heterocycles. The maximum atomic E-state index is 11.4. The molecule has 0 unspecified atom stereocenters. The molecule has 0 N–H and O–H groups in total. The van der Waals surface area contributed by atoms with Crippen LogP contribution in [-0.2, 0) is 9.59 Å². The summed E-state index contributed by atoms with van der Waals surface area (Å²) in [5, 5.41) is 0. The maximum absolute atomic E-state index is 11.4. The molecule has 0 bridgehead atoms. The summed E-state index contributed by atoms with van der Waals surface area (Å²) in [5.74, 6) is -0.546. The molecule has 0 atom stereocenters. The lowest BCUT2D eigenvalue weighted by atomic mass is 10.1. The van der Waals surface area contributed by atoms with Crippen molar-refractivity contribution in [1.29, 1.82) is 0 Å². The second kappa shape index (κ2) is 3.77. The van der Waals surface area contributed by atoms with E-state index in [1.807, 2.05) is 0 Å². The van der Waals surface area contributed by atoms with Gasteiger partial charge in [-0.25, -0.2) is 4.79 Å². The molecule has 14 heavy (non-hydrogen) atoms. The zero-order valence-electron chi connectivity index (χ0n) is 8.61. The Kier molecular flexibility index (Phi) is 2.88. The van der Waals surface area contributed by atoms with Crippen LogP contribution in [0.5, 0.6) is 0 Å². The fourth-order valence-electron chi connectivity index (χ4n) is 1.16.